The number of amides is 1. The summed E-state index contributed by atoms with van der Waals surface area (Å²) in [5.41, 5.74) is 5.25. The second-order valence-electron chi connectivity index (χ2n) is 9.76. The molecule has 0 bridgehead atoms. The Morgan fingerprint density at radius 1 is 1.06 bits per heavy atom. The van der Waals surface area contributed by atoms with Gasteiger partial charge >= 0.3 is 0 Å². The van der Waals surface area contributed by atoms with Crippen molar-refractivity contribution in [1.82, 2.24) is 36.0 Å². The van der Waals surface area contributed by atoms with Crippen molar-refractivity contribution in [3.8, 4) is 0 Å². The van der Waals surface area contributed by atoms with E-state index in [0.29, 0.717) is 34.7 Å². The molecule has 5 aliphatic rings. The summed E-state index contributed by atoms with van der Waals surface area (Å²) in [6.45, 7) is 6.33. The second kappa shape index (κ2) is 9.48. The van der Waals surface area contributed by atoms with Crippen LogP contribution in [-0.4, -0.2) is 79.1 Å². The molecule has 4 aliphatic heterocycles. The molecule has 1 amide bonds. The first kappa shape index (κ1) is 22.9. The molecule has 1 saturated carbocycles. The Morgan fingerprint density at radius 3 is 2.60 bits per heavy atom. The van der Waals surface area contributed by atoms with E-state index in [4.69, 9.17) is 23.2 Å². The molecule has 2 fully saturated rings. The Morgan fingerprint density at radius 2 is 1.89 bits per heavy atom. The number of piperazine rings is 1. The number of hydrogen-bond acceptors (Lipinski definition) is 7. The molecule has 4 N–H and O–H groups in total. The summed E-state index contributed by atoms with van der Waals surface area (Å²) in [4.78, 5) is 19.6. The second-order valence-corrected chi connectivity index (χ2v) is 10.6. The molecular formula is C25H31Cl2N7O. The molecule has 0 radical (unpaired) electrons. The van der Waals surface area contributed by atoms with Gasteiger partial charge in [-0.2, -0.15) is 0 Å². The van der Waals surface area contributed by atoms with Crippen molar-refractivity contribution in [1.29, 1.82) is 0 Å². The monoisotopic (exact) mass is 515 g/mol. The van der Waals surface area contributed by atoms with Crippen molar-refractivity contribution in [2.45, 2.75) is 19.0 Å². The van der Waals surface area contributed by atoms with E-state index in [1.165, 1.54) is 24.2 Å². The third-order valence-electron chi connectivity index (χ3n) is 7.34. The van der Waals surface area contributed by atoms with E-state index in [1.807, 2.05) is 17.0 Å². The van der Waals surface area contributed by atoms with Crippen molar-refractivity contribution in [2.75, 3.05) is 52.4 Å². The molecule has 1 aliphatic carbocycles. The van der Waals surface area contributed by atoms with Crippen molar-refractivity contribution in [3.05, 3.63) is 63.3 Å². The lowest BCUT2D eigenvalue weighted by molar-refractivity contribution is -0.129. The van der Waals surface area contributed by atoms with Gasteiger partial charge < -0.3 is 31.1 Å². The zero-order chi connectivity index (χ0) is 23.9. The Kier molecular flexibility index (Phi) is 6.20. The molecule has 10 heteroatoms. The van der Waals surface area contributed by atoms with Crippen LogP contribution >= 0.6 is 23.2 Å². The van der Waals surface area contributed by atoms with Crippen LogP contribution in [-0.2, 0) is 4.79 Å². The van der Waals surface area contributed by atoms with Gasteiger partial charge in [0.2, 0.25) is 0 Å². The number of rotatable bonds is 5. The molecule has 8 nitrogen and oxygen atoms in total. The average Bonchev–Trinajstić information content (AvgIpc) is 3.67. The molecule has 1 aromatic carbocycles. The third-order valence-corrected chi connectivity index (χ3v) is 7.88. The number of carbonyl (C=O) groups excluding carboxylic acids is 1. The molecule has 35 heavy (non-hydrogen) atoms. The van der Waals surface area contributed by atoms with Gasteiger partial charge in [-0.15, -0.1) is 0 Å². The zero-order valence-corrected chi connectivity index (χ0v) is 21.1. The van der Waals surface area contributed by atoms with Crippen LogP contribution in [0.4, 0.5) is 0 Å². The molecule has 6 rings (SSSR count). The van der Waals surface area contributed by atoms with Crippen molar-refractivity contribution < 1.29 is 4.79 Å². The summed E-state index contributed by atoms with van der Waals surface area (Å²) in [5.74, 6) is 0.735. The van der Waals surface area contributed by atoms with E-state index in [9.17, 15) is 4.79 Å². The summed E-state index contributed by atoms with van der Waals surface area (Å²) in [6.07, 6.45) is 6.75. The van der Waals surface area contributed by atoms with Gasteiger partial charge in [0.25, 0.3) is 5.91 Å². The number of halogens is 2. The average molecular weight is 516 g/mol. The normalized spacial score (nSPS) is 24.6. The first-order valence-corrected chi connectivity index (χ1v) is 13.2. The summed E-state index contributed by atoms with van der Waals surface area (Å²) in [5, 5.41) is 15.0. The van der Waals surface area contributed by atoms with E-state index >= 15 is 0 Å². The van der Waals surface area contributed by atoms with Gasteiger partial charge in [0.05, 0.1) is 23.0 Å². The summed E-state index contributed by atoms with van der Waals surface area (Å²) >= 11 is 12.8. The summed E-state index contributed by atoms with van der Waals surface area (Å²) < 4.78 is 0. The SMILES string of the molecule is O=C(C1=CNCCN1)N1CCN(CC2=C(c3ccc(Cl)cc3Cl)NC3CNC(C4CC4)=CN23)CC1. The minimum absolute atomic E-state index is 0.0754. The van der Waals surface area contributed by atoms with Gasteiger partial charge in [0.15, 0.2) is 0 Å². The molecule has 4 heterocycles. The standard InChI is InChI=1S/C25H31Cl2N7O/c26-17-3-4-18(19(27)11-17)24-22(34-14-21(16-1-2-16)30-13-23(34)31-24)15-32-7-9-33(10-8-32)25(35)20-12-28-5-6-29-20/h3-4,11-12,14,16,23,28-31H,1-2,5-10,13,15H2. The maximum Gasteiger partial charge on any atom is 0.271 e. The molecule has 1 saturated heterocycles. The van der Waals surface area contributed by atoms with Crippen molar-refractivity contribution in [3.63, 3.8) is 0 Å². The maximum atomic E-state index is 12.9. The number of fused-ring (bicyclic) bond motifs is 1. The fourth-order valence-corrected chi connectivity index (χ4v) is 5.72. The van der Waals surface area contributed by atoms with Gasteiger partial charge in [-0.05, 0) is 31.0 Å². The molecule has 1 aromatic rings. The predicted molar refractivity (Wildman–Crippen MR) is 138 cm³/mol. The van der Waals surface area contributed by atoms with Gasteiger partial charge in [-0.25, -0.2) is 0 Å². The van der Waals surface area contributed by atoms with Crippen molar-refractivity contribution in [2.24, 2.45) is 5.92 Å². The highest BCUT2D eigenvalue weighted by molar-refractivity contribution is 6.35. The van der Waals surface area contributed by atoms with E-state index in [0.717, 1.165) is 50.5 Å². The molecule has 186 valence electrons. The van der Waals surface area contributed by atoms with Crippen LogP contribution < -0.4 is 21.3 Å². The van der Waals surface area contributed by atoms with E-state index in [1.54, 1.807) is 12.3 Å². The number of nitrogens with zero attached hydrogens (tertiary/aromatic N) is 3. The predicted octanol–water partition coefficient (Wildman–Crippen LogP) is 1.93. The minimum Gasteiger partial charge on any atom is -0.387 e. The third kappa shape index (κ3) is 4.67. The van der Waals surface area contributed by atoms with Crippen LogP contribution in [0.2, 0.25) is 10.0 Å². The number of allylic oxidation sites excluding steroid dienone is 1. The number of nitrogens with one attached hydrogen (secondary N) is 4. The Bertz CT molecular complexity index is 1110. The fourth-order valence-electron chi connectivity index (χ4n) is 5.22. The molecular weight excluding hydrogens is 485 g/mol. The van der Waals surface area contributed by atoms with Crippen molar-refractivity contribution >= 4 is 34.8 Å². The van der Waals surface area contributed by atoms with Crippen LogP contribution in [0.3, 0.4) is 0 Å². The van der Waals surface area contributed by atoms with Crippen LogP contribution in [0.25, 0.3) is 5.70 Å². The van der Waals surface area contributed by atoms with Crippen LogP contribution in [0, 0.1) is 5.92 Å². The molecule has 0 spiro atoms. The molecule has 1 unspecified atom stereocenters. The highest BCUT2D eigenvalue weighted by atomic mass is 35.5. The van der Waals surface area contributed by atoms with Gasteiger partial charge in [-0.1, -0.05) is 23.2 Å². The highest BCUT2D eigenvalue weighted by Gasteiger charge is 2.38. The maximum absolute atomic E-state index is 12.9. The fraction of sp³-hybridized carbons (Fsp3) is 0.480. The lowest BCUT2D eigenvalue weighted by Crippen LogP contribution is -2.52. The topological polar surface area (TPSA) is 74.9 Å². The van der Waals surface area contributed by atoms with Gasteiger partial charge in [0, 0.05) is 80.4 Å². The lowest BCUT2D eigenvalue weighted by atomic mass is 10.1. The minimum atomic E-state index is 0.0754. The zero-order valence-electron chi connectivity index (χ0n) is 19.6. The van der Waals surface area contributed by atoms with E-state index in [2.05, 4.69) is 37.3 Å². The van der Waals surface area contributed by atoms with Crippen LogP contribution in [0.15, 0.2) is 47.7 Å². The van der Waals surface area contributed by atoms with Crippen LogP contribution in [0.5, 0.6) is 0 Å². The lowest BCUT2D eigenvalue weighted by Gasteiger charge is -2.38. The van der Waals surface area contributed by atoms with Crippen LogP contribution in [0.1, 0.15) is 18.4 Å². The number of hydrogen-bond donors (Lipinski definition) is 4. The summed E-state index contributed by atoms with van der Waals surface area (Å²) in [7, 11) is 0. The Hall–Kier alpha value is -2.55. The van der Waals surface area contributed by atoms with E-state index in [-0.39, 0.29) is 12.1 Å². The summed E-state index contributed by atoms with van der Waals surface area (Å²) in [6, 6.07) is 5.70. The van der Waals surface area contributed by atoms with E-state index < -0.39 is 0 Å². The number of benzene rings is 1. The number of carbonyl (C=O) groups is 1. The van der Waals surface area contributed by atoms with Gasteiger partial charge in [-0.3, -0.25) is 9.69 Å². The largest absolute Gasteiger partial charge is 0.387 e. The molecule has 0 aromatic heterocycles. The van der Waals surface area contributed by atoms with Gasteiger partial charge in [0.1, 0.15) is 11.9 Å². The quantitative estimate of drug-likeness (QED) is 0.477. The Labute approximate surface area is 216 Å². The highest BCUT2D eigenvalue weighted by Crippen LogP contribution is 2.40. The smallest absolute Gasteiger partial charge is 0.271 e. The molecule has 1 atom stereocenters. The first-order chi connectivity index (χ1) is 17.1. The first-order valence-electron chi connectivity index (χ1n) is 12.4. The Balaban J connectivity index is 1.22.